The van der Waals surface area contributed by atoms with Crippen molar-refractivity contribution in [2.45, 2.75) is 0 Å². The van der Waals surface area contributed by atoms with E-state index in [9.17, 15) is 0 Å². The number of hydrogen-bond donors (Lipinski definition) is 1. The maximum Gasteiger partial charge on any atom is 0.247 e. The van der Waals surface area contributed by atoms with Crippen LogP contribution in [0.2, 0.25) is 0 Å². The van der Waals surface area contributed by atoms with Crippen molar-refractivity contribution in [2.75, 3.05) is 56.7 Å². The molecule has 1 saturated heterocycles. The average molecular weight is 438 g/mol. The molecular formula is C21H23N7O2S. The van der Waals surface area contributed by atoms with Gasteiger partial charge in [0.15, 0.2) is 5.13 Å². The van der Waals surface area contributed by atoms with Crippen LogP contribution in [0.4, 0.5) is 16.6 Å². The highest BCUT2D eigenvalue weighted by atomic mass is 32.1. The van der Waals surface area contributed by atoms with Gasteiger partial charge in [0.25, 0.3) is 0 Å². The van der Waals surface area contributed by atoms with Crippen molar-refractivity contribution >= 4 is 38.2 Å². The van der Waals surface area contributed by atoms with Crippen LogP contribution in [0.25, 0.3) is 21.7 Å². The van der Waals surface area contributed by atoms with E-state index in [1.54, 1.807) is 18.4 Å². The highest BCUT2D eigenvalue weighted by molar-refractivity contribution is 7.22. The number of pyridine rings is 1. The Morgan fingerprint density at radius 1 is 1.16 bits per heavy atom. The molecule has 3 aromatic heterocycles. The summed E-state index contributed by atoms with van der Waals surface area (Å²) in [4.78, 5) is 14.0. The number of nitrogens with one attached hydrogen (secondary N) is 1. The monoisotopic (exact) mass is 437 g/mol. The Morgan fingerprint density at radius 2 is 2.06 bits per heavy atom. The van der Waals surface area contributed by atoms with Crippen molar-refractivity contribution in [3.63, 3.8) is 0 Å². The number of anilines is 3. The van der Waals surface area contributed by atoms with E-state index in [-0.39, 0.29) is 0 Å². The Balaban J connectivity index is 1.28. The molecule has 0 spiro atoms. The molecule has 9 nitrogen and oxygen atoms in total. The van der Waals surface area contributed by atoms with E-state index >= 15 is 0 Å². The minimum atomic E-state index is 0.501. The van der Waals surface area contributed by atoms with E-state index < -0.39 is 0 Å². The molecule has 0 bridgehead atoms. The van der Waals surface area contributed by atoms with Crippen molar-refractivity contribution in [3.8, 4) is 11.5 Å². The fourth-order valence-corrected chi connectivity index (χ4v) is 4.57. The smallest absolute Gasteiger partial charge is 0.247 e. The summed E-state index contributed by atoms with van der Waals surface area (Å²) >= 11 is 1.57. The van der Waals surface area contributed by atoms with Gasteiger partial charge in [0.05, 0.1) is 16.8 Å². The Kier molecular flexibility index (Phi) is 5.74. The van der Waals surface area contributed by atoms with Crippen LogP contribution in [0.3, 0.4) is 0 Å². The van der Waals surface area contributed by atoms with Crippen LogP contribution in [0.15, 0.2) is 47.3 Å². The molecule has 0 amide bonds. The number of aromatic nitrogens is 4. The number of methoxy groups -OCH3 is 1. The maximum absolute atomic E-state index is 5.29. The van der Waals surface area contributed by atoms with Crippen molar-refractivity contribution < 1.29 is 9.15 Å². The van der Waals surface area contributed by atoms with Crippen molar-refractivity contribution in [1.29, 1.82) is 0 Å². The Bertz CT molecular complexity index is 1140. The zero-order chi connectivity index (χ0) is 21.0. The number of benzene rings is 1. The van der Waals surface area contributed by atoms with Gasteiger partial charge in [-0.2, -0.15) is 0 Å². The second-order valence-corrected chi connectivity index (χ2v) is 8.32. The summed E-state index contributed by atoms with van der Waals surface area (Å²) in [5.74, 6) is 1.29. The molecule has 1 aliphatic heterocycles. The molecule has 0 unspecified atom stereocenters. The molecule has 1 aromatic carbocycles. The third-order valence-electron chi connectivity index (χ3n) is 5.32. The first-order valence-electron chi connectivity index (χ1n) is 10.1. The minimum Gasteiger partial charge on any atom is -0.423 e. The lowest BCUT2D eigenvalue weighted by molar-refractivity contribution is 0.144. The Hall–Kier alpha value is -3.08. The first kappa shape index (κ1) is 19.9. The van der Waals surface area contributed by atoms with Crippen molar-refractivity contribution in [1.82, 2.24) is 25.1 Å². The highest BCUT2D eigenvalue weighted by Gasteiger charge is 2.17. The molecule has 4 aromatic rings. The van der Waals surface area contributed by atoms with Gasteiger partial charge >= 0.3 is 0 Å². The van der Waals surface area contributed by atoms with Gasteiger partial charge in [-0.3, -0.25) is 4.90 Å². The zero-order valence-corrected chi connectivity index (χ0v) is 18.0. The number of thiazole rings is 1. The number of piperazine rings is 1. The second-order valence-electron chi connectivity index (χ2n) is 7.29. The molecule has 0 aliphatic carbocycles. The molecular weight excluding hydrogens is 414 g/mol. The summed E-state index contributed by atoms with van der Waals surface area (Å²) in [6, 6.07) is 10.1. The quantitative estimate of drug-likeness (QED) is 0.468. The summed E-state index contributed by atoms with van der Waals surface area (Å²) in [7, 11) is 1.75. The first-order valence-corrected chi connectivity index (χ1v) is 11.0. The van der Waals surface area contributed by atoms with Gasteiger partial charge in [0.2, 0.25) is 12.3 Å². The van der Waals surface area contributed by atoms with E-state index in [2.05, 4.69) is 47.4 Å². The molecule has 0 saturated carbocycles. The van der Waals surface area contributed by atoms with E-state index in [0.29, 0.717) is 5.89 Å². The van der Waals surface area contributed by atoms with E-state index in [0.717, 1.165) is 66.1 Å². The normalized spacial score (nSPS) is 14.9. The molecule has 4 heterocycles. The highest BCUT2D eigenvalue weighted by Crippen LogP contribution is 2.31. The van der Waals surface area contributed by atoms with Crippen LogP contribution in [0, 0.1) is 0 Å². The van der Waals surface area contributed by atoms with Crippen LogP contribution in [0.5, 0.6) is 0 Å². The number of fused-ring (bicyclic) bond motifs is 1. The topological polar surface area (TPSA) is 92.4 Å². The molecule has 10 heteroatoms. The number of hydrogen-bond acceptors (Lipinski definition) is 10. The molecule has 5 rings (SSSR count). The fraction of sp³-hybridized carbons (Fsp3) is 0.333. The summed E-state index contributed by atoms with van der Waals surface area (Å²) < 4.78 is 11.5. The van der Waals surface area contributed by atoms with Gasteiger partial charge in [-0.05, 0) is 24.3 Å². The van der Waals surface area contributed by atoms with Crippen LogP contribution in [-0.4, -0.2) is 71.5 Å². The second kappa shape index (κ2) is 8.96. The summed E-state index contributed by atoms with van der Waals surface area (Å²) in [5.41, 5.74) is 2.97. The lowest BCUT2D eigenvalue weighted by atomic mass is 10.2. The van der Waals surface area contributed by atoms with Crippen LogP contribution < -0.4 is 10.2 Å². The van der Waals surface area contributed by atoms with Gasteiger partial charge in [-0.25, -0.2) is 9.97 Å². The van der Waals surface area contributed by atoms with Gasteiger partial charge in [0.1, 0.15) is 5.82 Å². The van der Waals surface area contributed by atoms with Crippen molar-refractivity contribution in [2.24, 2.45) is 0 Å². The summed E-state index contributed by atoms with van der Waals surface area (Å²) in [6.07, 6.45) is 3.17. The standard InChI is InChI=1S/C21H23N7O2S/c1-29-11-10-27-6-8-28(9-7-27)16-4-5-22-19(13-16)25-21-24-17-3-2-15(12-18(17)31-21)20-26-23-14-30-20/h2-5,12-14H,6-11H2,1H3,(H,22,24,25). The van der Waals surface area contributed by atoms with Gasteiger partial charge < -0.3 is 19.4 Å². The van der Waals surface area contributed by atoms with E-state index in [1.165, 1.54) is 12.1 Å². The lowest BCUT2D eigenvalue weighted by Crippen LogP contribution is -2.47. The average Bonchev–Trinajstić information content (AvgIpc) is 3.47. The maximum atomic E-state index is 5.29. The SMILES string of the molecule is COCCN1CCN(c2ccnc(Nc3nc4ccc(-c5nnco5)cc4s3)c2)CC1. The molecule has 160 valence electrons. The van der Waals surface area contributed by atoms with Gasteiger partial charge in [0, 0.05) is 63.3 Å². The van der Waals surface area contributed by atoms with Crippen LogP contribution >= 0.6 is 11.3 Å². The minimum absolute atomic E-state index is 0.501. The van der Waals surface area contributed by atoms with E-state index in [4.69, 9.17) is 9.15 Å². The first-order chi connectivity index (χ1) is 15.3. The molecule has 0 radical (unpaired) electrons. The largest absolute Gasteiger partial charge is 0.423 e. The number of nitrogens with zero attached hydrogens (tertiary/aromatic N) is 6. The number of rotatable bonds is 7. The lowest BCUT2D eigenvalue weighted by Gasteiger charge is -2.36. The van der Waals surface area contributed by atoms with Crippen LogP contribution in [-0.2, 0) is 4.74 Å². The zero-order valence-electron chi connectivity index (χ0n) is 17.2. The third kappa shape index (κ3) is 4.50. The molecule has 1 aliphatic rings. The predicted octanol–water partition coefficient (Wildman–Crippen LogP) is 3.25. The predicted molar refractivity (Wildman–Crippen MR) is 121 cm³/mol. The summed E-state index contributed by atoms with van der Waals surface area (Å²) in [6.45, 7) is 5.82. The Morgan fingerprint density at radius 3 is 2.87 bits per heavy atom. The molecule has 1 fully saturated rings. The van der Waals surface area contributed by atoms with Crippen molar-refractivity contribution in [3.05, 3.63) is 42.9 Å². The van der Waals surface area contributed by atoms with E-state index in [1.807, 2.05) is 24.4 Å². The van der Waals surface area contributed by atoms with Gasteiger partial charge in [-0.15, -0.1) is 10.2 Å². The summed E-state index contributed by atoms with van der Waals surface area (Å²) in [5, 5.41) is 11.9. The Labute approximate surface area is 183 Å². The third-order valence-corrected chi connectivity index (χ3v) is 6.26. The fourth-order valence-electron chi connectivity index (χ4n) is 3.65. The molecule has 31 heavy (non-hydrogen) atoms. The van der Waals surface area contributed by atoms with Gasteiger partial charge in [-0.1, -0.05) is 11.3 Å². The number of ether oxygens (including phenoxy) is 1. The van der Waals surface area contributed by atoms with Crippen LogP contribution in [0.1, 0.15) is 0 Å². The molecule has 0 atom stereocenters. The molecule has 1 N–H and O–H groups in total.